The van der Waals surface area contributed by atoms with Gasteiger partial charge in [0.2, 0.25) is 0 Å². The second kappa shape index (κ2) is 7.12. The van der Waals surface area contributed by atoms with Crippen LogP contribution in [0.15, 0.2) is 29.2 Å². The van der Waals surface area contributed by atoms with E-state index in [-0.39, 0.29) is 5.56 Å². The van der Waals surface area contributed by atoms with Crippen LogP contribution in [0, 0.1) is 0 Å². The van der Waals surface area contributed by atoms with Gasteiger partial charge < -0.3 is 4.90 Å². The Kier molecular flexibility index (Phi) is 5.77. The molecular formula is C12H18ClN3O. The van der Waals surface area contributed by atoms with E-state index in [0.717, 1.165) is 18.8 Å². The fourth-order valence-electron chi connectivity index (χ4n) is 1.56. The van der Waals surface area contributed by atoms with E-state index >= 15 is 0 Å². The highest BCUT2D eigenvalue weighted by molar-refractivity contribution is 6.18. The normalized spacial score (nSPS) is 11.0. The molecular weight excluding hydrogens is 238 g/mol. The number of alkyl halides is 1. The minimum absolute atomic E-state index is 0.0892. The van der Waals surface area contributed by atoms with Crippen molar-refractivity contribution in [1.82, 2.24) is 9.78 Å². The maximum absolute atomic E-state index is 11.8. The van der Waals surface area contributed by atoms with Crippen molar-refractivity contribution in [3.05, 3.63) is 34.8 Å². The number of hydrogen-bond acceptors (Lipinski definition) is 3. The van der Waals surface area contributed by atoms with Gasteiger partial charge in [-0.05, 0) is 13.8 Å². The molecule has 0 unspecified atom stereocenters. The van der Waals surface area contributed by atoms with E-state index in [4.69, 9.17) is 11.6 Å². The molecule has 0 aliphatic carbocycles. The number of nitrogens with zero attached hydrogens (tertiary/aromatic N) is 3. The molecule has 1 heterocycles. The van der Waals surface area contributed by atoms with Crippen molar-refractivity contribution in [2.24, 2.45) is 0 Å². The van der Waals surface area contributed by atoms with Crippen molar-refractivity contribution in [3.63, 3.8) is 0 Å². The Bertz CT molecular complexity index is 424. The molecule has 0 amide bonds. The van der Waals surface area contributed by atoms with E-state index in [2.05, 4.69) is 23.8 Å². The minimum Gasteiger partial charge on any atom is -0.371 e. The largest absolute Gasteiger partial charge is 0.371 e. The third-order valence-corrected chi connectivity index (χ3v) is 2.70. The maximum atomic E-state index is 11.8. The predicted octanol–water partition coefficient (Wildman–Crippen LogP) is 1.88. The van der Waals surface area contributed by atoms with Crippen LogP contribution in [0.25, 0.3) is 0 Å². The Balaban J connectivity index is 2.86. The van der Waals surface area contributed by atoms with Crippen LogP contribution in [0.3, 0.4) is 0 Å². The van der Waals surface area contributed by atoms with Crippen molar-refractivity contribution >= 4 is 17.3 Å². The highest BCUT2D eigenvalue weighted by Gasteiger charge is 2.04. The molecule has 0 atom stereocenters. The van der Waals surface area contributed by atoms with Crippen LogP contribution >= 0.6 is 11.6 Å². The first-order valence-corrected chi connectivity index (χ1v) is 6.29. The summed E-state index contributed by atoms with van der Waals surface area (Å²) in [5, 5.41) is 4.14. The number of rotatable bonds is 6. The predicted molar refractivity (Wildman–Crippen MR) is 71.9 cm³/mol. The smallest absolute Gasteiger partial charge is 0.269 e. The molecule has 1 aromatic heterocycles. The highest BCUT2D eigenvalue weighted by atomic mass is 35.5. The van der Waals surface area contributed by atoms with Gasteiger partial charge in [-0.3, -0.25) is 4.79 Å². The molecule has 94 valence electrons. The number of anilines is 1. The van der Waals surface area contributed by atoms with Crippen LogP contribution < -0.4 is 10.5 Å². The van der Waals surface area contributed by atoms with Gasteiger partial charge in [0, 0.05) is 25.0 Å². The van der Waals surface area contributed by atoms with Crippen LogP contribution in [-0.2, 0) is 6.54 Å². The first-order valence-electron chi connectivity index (χ1n) is 5.76. The Labute approximate surface area is 107 Å². The molecule has 17 heavy (non-hydrogen) atoms. The maximum Gasteiger partial charge on any atom is 0.269 e. The standard InChI is InChI=1S/C12H18ClN3O/c1-3-15(4-2)11-9-12(17)16(14-10-11)8-6-5-7-13/h5-6,9-10H,3-4,7-8H2,1-2H3/b6-5+. The van der Waals surface area contributed by atoms with Crippen LogP contribution in [0.2, 0.25) is 0 Å². The molecule has 5 heteroatoms. The van der Waals surface area contributed by atoms with Gasteiger partial charge in [0.1, 0.15) is 0 Å². The highest BCUT2D eigenvalue weighted by Crippen LogP contribution is 2.07. The molecule has 1 rings (SSSR count). The molecule has 0 aliphatic heterocycles. The van der Waals surface area contributed by atoms with E-state index < -0.39 is 0 Å². The Morgan fingerprint density at radius 1 is 1.41 bits per heavy atom. The summed E-state index contributed by atoms with van der Waals surface area (Å²) in [5.41, 5.74) is 0.784. The van der Waals surface area contributed by atoms with Gasteiger partial charge in [-0.2, -0.15) is 5.10 Å². The van der Waals surface area contributed by atoms with E-state index in [1.807, 2.05) is 6.08 Å². The lowest BCUT2D eigenvalue weighted by molar-refractivity contribution is 0.648. The minimum atomic E-state index is -0.0892. The zero-order valence-corrected chi connectivity index (χ0v) is 11.0. The summed E-state index contributed by atoms with van der Waals surface area (Å²) in [5.74, 6) is 0.451. The lowest BCUT2D eigenvalue weighted by Gasteiger charge is -2.20. The third-order valence-electron chi connectivity index (χ3n) is 2.52. The topological polar surface area (TPSA) is 38.1 Å². The quantitative estimate of drug-likeness (QED) is 0.576. The average molecular weight is 256 g/mol. The summed E-state index contributed by atoms with van der Waals surface area (Å²) in [7, 11) is 0. The number of allylic oxidation sites excluding steroid dienone is 2. The molecule has 4 nitrogen and oxygen atoms in total. The van der Waals surface area contributed by atoms with Gasteiger partial charge in [-0.25, -0.2) is 4.68 Å². The molecule has 0 fully saturated rings. The van der Waals surface area contributed by atoms with Gasteiger partial charge in [-0.1, -0.05) is 12.2 Å². The zero-order valence-electron chi connectivity index (χ0n) is 10.3. The van der Waals surface area contributed by atoms with Crippen molar-refractivity contribution in [1.29, 1.82) is 0 Å². The second-order valence-electron chi connectivity index (χ2n) is 3.53. The summed E-state index contributed by atoms with van der Waals surface area (Å²) in [6.45, 7) is 6.31. The molecule has 0 aliphatic rings. The van der Waals surface area contributed by atoms with Gasteiger partial charge in [0.15, 0.2) is 0 Å². The van der Waals surface area contributed by atoms with Crippen LogP contribution in [-0.4, -0.2) is 28.8 Å². The van der Waals surface area contributed by atoms with Crippen LogP contribution in [0.4, 0.5) is 5.69 Å². The SMILES string of the molecule is CCN(CC)c1cnn(C/C=C/CCl)c(=O)c1. The molecule has 0 aromatic carbocycles. The average Bonchev–Trinajstić information content (AvgIpc) is 2.33. The number of hydrogen-bond donors (Lipinski definition) is 0. The molecule has 0 N–H and O–H groups in total. The van der Waals surface area contributed by atoms with E-state index in [1.54, 1.807) is 18.3 Å². The number of halogens is 1. The van der Waals surface area contributed by atoms with E-state index in [9.17, 15) is 4.79 Å². The summed E-state index contributed by atoms with van der Waals surface area (Å²) in [6, 6.07) is 1.62. The molecule has 0 saturated heterocycles. The Morgan fingerprint density at radius 3 is 2.65 bits per heavy atom. The van der Waals surface area contributed by atoms with Crippen molar-refractivity contribution in [2.75, 3.05) is 23.9 Å². The Morgan fingerprint density at radius 2 is 2.12 bits per heavy atom. The molecule has 1 aromatic rings. The Hall–Kier alpha value is -1.29. The monoisotopic (exact) mass is 255 g/mol. The summed E-state index contributed by atoms with van der Waals surface area (Å²) in [4.78, 5) is 13.9. The van der Waals surface area contributed by atoms with Gasteiger partial charge >= 0.3 is 0 Å². The molecule has 0 saturated carbocycles. The first-order chi connectivity index (χ1) is 8.22. The van der Waals surface area contributed by atoms with Gasteiger partial charge in [-0.15, -0.1) is 11.6 Å². The van der Waals surface area contributed by atoms with Gasteiger partial charge in [0.25, 0.3) is 5.56 Å². The summed E-state index contributed by atoms with van der Waals surface area (Å²) >= 11 is 5.51. The lowest BCUT2D eigenvalue weighted by Crippen LogP contribution is -2.27. The zero-order chi connectivity index (χ0) is 12.7. The van der Waals surface area contributed by atoms with Crippen molar-refractivity contribution in [2.45, 2.75) is 20.4 Å². The third kappa shape index (κ3) is 3.89. The van der Waals surface area contributed by atoms with E-state index in [1.165, 1.54) is 4.68 Å². The molecule has 0 radical (unpaired) electrons. The molecule has 0 bridgehead atoms. The molecule has 0 spiro atoms. The van der Waals surface area contributed by atoms with Crippen molar-refractivity contribution in [3.8, 4) is 0 Å². The number of aromatic nitrogens is 2. The summed E-state index contributed by atoms with van der Waals surface area (Å²) < 4.78 is 1.41. The van der Waals surface area contributed by atoms with Crippen LogP contribution in [0.5, 0.6) is 0 Å². The van der Waals surface area contributed by atoms with E-state index in [0.29, 0.717) is 12.4 Å². The lowest BCUT2D eigenvalue weighted by atomic mass is 10.4. The van der Waals surface area contributed by atoms with Crippen LogP contribution in [0.1, 0.15) is 13.8 Å². The van der Waals surface area contributed by atoms with Gasteiger partial charge in [0.05, 0.1) is 18.4 Å². The van der Waals surface area contributed by atoms with Crippen molar-refractivity contribution < 1.29 is 0 Å². The fraction of sp³-hybridized carbons (Fsp3) is 0.500. The second-order valence-corrected chi connectivity index (χ2v) is 3.84. The first kappa shape index (κ1) is 13.8. The fourth-order valence-corrected chi connectivity index (χ4v) is 1.69. The summed E-state index contributed by atoms with van der Waals surface area (Å²) in [6.07, 6.45) is 5.36.